The zero-order chi connectivity index (χ0) is 13.1. The van der Waals surface area contributed by atoms with Crippen LogP contribution in [0.25, 0.3) is 0 Å². The SMILES string of the molecule is O=C(Nc1cccc(Cl)c1Cl)c1cccc(I)c1. The van der Waals surface area contributed by atoms with Crippen molar-refractivity contribution >= 4 is 57.4 Å². The first-order chi connectivity index (χ1) is 8.58. The van der Waals surface area contributed by atoms with Gasteiger partial charge in [0.25, 0.3) is 5.91 Å². The highest BCUT2D eigenvalue weighted by Gasteiger charge is 2.10. The number of hydrogen-bond donors (Lipinski definition) is 1. The van der Waals surface area contributed by atoms with Gasteiger partial charge in [-0.3, -0.25) is 4.79 Å². The van der Waals surface area contributed by atoms with Crippen LogP contribution in [0.15, 0.2) is 42.5 Å². The second-order valence-electron chi connectivity index (χ2n) is 3.57. The van der Waals surface area contributed by atoms with Crippen LogP contribution in [0.2, 0.25) is 10.0 Å². The van der Waals surface area contributed by atoms with E-state index in [4.69, 9.17) is 23.2 Å². The molecule has 2 nitrogen and oxygen atoms in total. The summed E-state index contributed by atoms with van der Waals surface area (Å²) in [6.45, 7) is 0. The van der Waals surface area contributed by atoms with Gasteiger partial charge in [-0.15, -0.1) is 0 Å². The van der Waals surface area contributed by atoms with Crippen LogP contribution in [0.4, 0.5) is 5.69 Å². The van der Waals surface area contributed by atoms with Crippen LogP contribution in [-0.2, 0) is 0 Å². The van der Waals surface area contributed by atoms with Gasteiger partial charge in [-0.2, -0.15) is 0 Å². The molecule has 0 aliphatic carbocycles. The number of nitrogens with one attached hydrogen (secondary N) is 1. The number of benzene rings is 2. The summed E-state index contributed by atoms with van der Waals surface area (Å²) in [6.07, 6.45) is 0. The molecule has 0 radical (unpaired) electrons. The second kappa shape index (κ2) is 5.91. The van der Waals surface area contributed by atoms with E-state index in [1.807, 2.05) is 12.1 Å². The molecule has 0 atom stereocenters. The summed E-state index contributed by atoms with van der Waals surface area (Å²) in [5.74, 6) is -0.210. The number of carbonyl (C=O) groups excluding carboxylic acids is 1. The Morgan fingerprint density at radius 2 is 1.83 bits per heavy atom. The first kappa shape index (κ1) is 13.6. The molecule has 5 heteroatoms. The molecule has 0 unspecified atom stereocenters. The molecule has 0 heterocycles. The van der Waals surface area contributed by atoms with Crippen LogP contribution >= 0.6 is 45.8 Å². The molecule has 0 saturated carbocycles. The van der Waals surface area contributed by atoms with Crippen molar-refractivity contribution in [2.45, 2.75) is 0 Å². The lowest BCUT2D eigenvalue weighted by molar-refractivity contribution is 0.102. The van der Waals surface area contributed by atoms with Crippen molar-refractivity contribution in [2.75, 3.05) is 5.32 Å². The smallest absolute Gasteiger partial charge is 0.255 e. The Morgan fingerprint density at radius 3 is 2.56 bits per heavy atom. The standard InChI is InChI=1S/C13H8Cl2INO/c14-10-5-2-6-11(12(10)15)17-13(18)8-3-1-4-9(16)7-8/h1-7H,(H,17,18). The van der Waals surface area contributed by atoms with Gasteiger partial charge in [0.15, 0.2) is 0 Å². The lowest BCUT2D eigenvalue weighted by atomic mass is 10.2. The molecule has 1 N–H and O–H groups in total. The van der Waals surface area contributed by atoms with E-state index >= 15 is 0 Å². The predicted molar refractivity (Wildman–Crippen MR) is 83.6 cm³/mol. The third-order valence-electron chi connectivity index (χ3n) is 2.29. The fourth-order valence-corrected chi connectivity index (χ4v) is 2.32. The summed E-state index contributed by atoms with van der Waals surface area (Å²) >= 11 is 14.0. The van der Waals surface area contributed by atoms with Crippen molar-refractivity contribution in [3.05, 3.63) is 61.6 Å². The van der Waals surface area contributed by atoms with Crippen molar-refractivity contribution in [1.82, 2.24) is 0 Å². The van der Waals surface area contributed by atoms with E-state index in [-0.39, 0.29) is 5.91 Å². The summed E-state index contributed by atoms with van der Waals surface area (Å²) in [5, 5.41) is 3.50. The minimum atomic E-state index is -0.210. The molecule has 0 spiro atoms. The van der Waals surface area contributed by atoms with E-state index < -0.39 is 0 Å². The maximum atomic E-state index is 12.0. The zero-order valence-corrected chi connectivity index (χ0v) is 12.8. The average Bonchev–Trinajstić information content (AvgIpc) is 2.35. The van der Waals surface area contributed by atoms with Gasteiger partial charge in [0.1, 0.15) is 0 Å². The quantitative estimate of drug-likeness (QED) is 0.728. The molecule has 0 aromatic heterocycles. The fourth-order valence-electron chi connectivity index (χ4n) is 1.42. The number of hydrogen-bond acceptors (Lipinski definition) is 1. The summed E-state index contributed by atoms with van der Waals surface area (Å²) in [7, 11) is 0. The van der Waals surface area contributed by atoms with Crippen LogP contribution < -0.4 is 5.32 Å². The Hall–Kier alpha value is -0.780. The van der Waals surface area contributed by atoms with E-state index in [1.54, 1.807) is 30.3 Å². The number of amides is 1. The van der Waals surface area contributed by atoms with Gasteiger partial charge in [-0.05, 0) is 52.9 Å². The van der Waals surface area contributed by atoms with E-state index in [1.165, 1.54) is 0 Å². The number of halogens is 3. The van der Waals surface area contributed by atoms with Crippen LogP contribution in [0.3, 0.4) is 0 Å². The van der Waals surface area contributed by atoms with Crippen molar-refractivity contribution in [2.24, 2.45) is 0 Å². The molecule has 0 bridgehead atoms. The highest BCUT2D eigenvalue weighted by molar-refractivity contribution is 14.1. The molecule has 2 aromatic rings. The third-order valence-corrected chi connectivity index (χ3v) is 3.78. The van der Waals surface area contributed by atoms with Gasteiger partial charge in [0, 0.05) is 9.13 Å². The lowest BCUT2D eigenvalue weighted by Crippen LogP contribution is -2.12. The van der Waals surface area contributed by atoms with E-state index in [0.717, 1.165) is 3.57 Å². The molecular formula is C13H8Cl2INO. The molecule has 0 aliphatic heterocycles. The lowest BCUT2D eigenvalue weighted by Gasteiger charge is -2.08. The van der Waals surface area contributed by atoms with Crippen LogP contribution in [0.5, 0.6) is 0 Å². The Kier molecular flexibility index (Phi) is 4.48. The van der Waals surface area contributed by atoms with Gasteiger partial charge in [-0.1, -0.05) is 35.3 Å². The largest absolute Gasteiger partial charge is 0.321 e. The van der Waals surface area contributed by atoms with E-state index in [9.17, 15) is 4.79 Å². The summed E-state index contributed by atoms with van der Waals surface area (Å²) in [6, 6.07) is 12.4. The van der Waals surface area contributed by atoms with Gasteiger partial charge in [0.05, 0.1) is 15.7 Å². The predicted octanol–water partition coefficient (Wildman–Crippen LogP) is 4.85. The highest BCUT2D eigenvalue weighted by atomic mass is 127. The number of anilines is 1. The van der Waals surface area contributed by atoms with E-state index in [0.29, 0.717) is 21.3 Å². The molecule has 0 fully saturated rings. The van der Waals surface area contributed by atoms with Gasteiger partial charge >= 0.3 is 0 Å². The molecule has 2 rings (SSSR count). The third kappa shape index (κ3) is 3.16. The Bertz CT molecular complexity index is 601. The topological polar surface area (TPSA) is 29.1 Å². The highest BCUT2D eigenvalue weighted by Crippen LogP contribution is 2.29. The maximum absolute atomic E-state index is 12.0. The van der Waals surface area contributed by atoms with Crippen LogP contribution in [0, 0.1) is 3.57 Å². The van der Waals surface area contributed by atoms with Crippen molar-refractivity contribution < 1.29 is 4.79 Å². The van der Waals surface area contributed by atoms with Gasteiger partial charge in [-0.25, -0.2) is 0 Å². The fraction of sp³-hybridized carbons (Fsp3) is 0. The van der Waals surface area contributed by atoms with Crippen molar-refractivity contribution in [1.29, 1.82) is 0 Å². The monoisotopic (exact) mass is 391 g/mol. The second-order valence-corrected chi connectivity index (χ2v) is 5.60. The molecule has 2 aromatic carbocycles. The Balaban J connectivity index is 2.24. The van der Waals surface area contributed by atoms with Gasteiger partial charge < -0.3 is 5.32 Å². The molecule has 0 saturated heterocycles. The van der Waals surface area contributed by atoms with Crippen molar-refractivity contribution in [3.8, 4) is 0 Å². The summed E-state index contributed by atoms with van der Waals surface area (Å²) < 4.78 is 0.998. The Morgan fingerprint density at radius 1 is 1.11 bits per heavy atom. The molecule has 18 heavy (non-hydrogen) atoms. The summed E-state index contributed by atoms with van der Waals surface area (Å²) in [4.78, 5) is 12.0. The van der Waals surface area contributed by atoms with Crippen LogP contribution in [0.1, 0.15) is 10.4 Å². The number of rotatable bonds is 2. The first-order valence-corrected chi connectivity index (χ1v) is 6.92. The molecule has 92 valence electrons. The number of carbonyl (C=O) groups is 1. The first-order valence-electron chi connectivity index (χ1n) is 5.09. The molecular weight excluding hydrogens is 384 g/mol. The van der Waals surface area contributed by atoms with Gasteiger partial charge in [0.2, 0.25) is 0 Å². The molecule has 1 amide bonds. The maximum Gasteiger partial charge on any atom is 0.255 e. The average molecular weight is 392 g/mol. The van der Waals surface area contributed by atoms with Crippen LogP contribution in [-0.4, -0.2) is 5.91 Å². The van der Waals surface area contributed by atoms with E-state index in [2.05, 4.69) is 27.9 Å². The summed E-state index contributed by atoms with van der Waals surface area (Å²) in [5.41, 5.74) is 1.09. The minimum Gasteiger partial charge on any atom is -0.321 e. The normalized spacial score (nSPS) is 10.2. The Labute approximate surface area is 128 Å². The zero-order valence-electron chi connectivity index (χ0n) is 9.08. The van der Waals surface area contributed by atoms with Crippen molar-refractivity contribution in [3.63, 3.8) is 0 Å². The minimum absolute atomic E-state index is 0.210. The molecule has 0 aliphatic rings.